The van der Waals surface area contributed by atoms with Gasteiger partial charge in [-0.25, -0.2) is 0 Å². The van der Waals surface area contributed by atoms with Crippen LogP contribution in [0.1, 0.15) is 40.9 Å². The lowest BCUT2D eigenvalue weighted by Crippen LogP contribution is -2.31. The summed E-state index contributed by atoms with van der Waals surface area (Å²) in [6.07, 6.45) is 2.64. The van der Waals surface area contributed by atoms with E-state index in [0.29, 0.717) is 12.8 Å². The van der Waals surface area contributed by atoms with E-state index in [-0.39, 0.29) is 17.5 Å². The van der Waals surface area contributed by atoms with Gasteiger partial charge in [0.2, 0.25) is 5.91 Å². The number of aromatic nitrogens is 1. The van der Waals surface area contributed by atoms with Crippen LogP contribution < -0.4 is 16.2 Å². The Morgan fingerprint density at radius 3 is 2.83 bits per heavy atom. The van der Waals surface area contributed by atoms with E-state index in [1.807, 2.05) is 25.1 Å². The number of aromatic amines is 1. The summed E-state index contributed by atoms with van der Waals surface area (Å²) in [6, 6.07) is 8.55. The minimum Gasteiger partial charge on any atom is -0.345 e. The Morgan fingerprint density at radius 2 is 2.04 bits per heavy atom. The third-order valence-electron chi connectivity index (χ3n) is 3.94. The summed E-state index contributed by atoms with van der Waals surface area (Å²) < 4.78 is 0. The molecular weight excluding hydrogens is 294 g/mol. The van der Waals surface area contributed by atoms with Crippen molar-refractivity contribution in [3.8, 4) is 0 Å². The Labute approximate surface area is 132 Å². The largest absolute Gasteiger partial charge is 0.345 e. The van der Waals surface area contributed by atoms with Crippen LogP contribution in [0.15, 0.2) is 41.3 Å². The molecule has 0 bridgehead atoms. The molecule has 6 heteroatoms. The van der Waals surface area contributed by atoms with Gasteiger partial charge in [-0.15, -0.1) is 0 Å². The van der Waals surface area contributed by atoms with Gasteiger partial charge in [0.05, 0.1) is 6.04 Å². The summed E-state index contributed by atoms with van der Waals surface area (Å²) in [5, 5.41) is 5.65. The molecule has 1 aliphatic heterocycles. The van der Waals surface area contributed by atoms with Gasteiger partial charge in [-0.1, -0.05) is 12.1 Å². The summed E-state index contributed by atoms with van der Waals surface area (Å²) in [5.41, 5.74) is 2.49. The quantitative estimate of drug-likeness (QED) is 0.806. The van der Waals surface area contributed by atoms with Crippen molar-refractivity contribution in [2.45, 2.75) is 25.8 Å². The molecule has 6 nitrogen and oxygen atoms in total. The Bertz CT molecular complexity index is 826. The van der Waals surface area contributed by atoms with Crippen molar-refractivity contribution < 1.29 is 9.59 Å². The molecule has 0 aliphatic carbocycles. The van der Waals surface area contributed by atoms with Gasteiger partial charge in [-0.2, -0.15) is 0 Å². The van der Waals surface area contributed by atoms with Gasteiger partial charge in [0.25, 0.3) is 11.5 Å². The number of nitrogens with one attached hydrogen (secondary N) is 3. The Hall–Kier alpha value is -2.89. The monoisotopic (exact) mass is 311 g/mol. The maximum atomic E-state index is 12.2. The van der Waals surface area contributed by atoms with Crippen molar-refractivity contribution in [2.75, 3.05) is 5.32 Å². The van der Waals surface area contributed by atoms with E-state index < -0.39 is 11.5 Å². The number of amides is 2. The predicted molar refractivity (Wildman–Crippen MR) is 86.3 cm³/mol. The number of fused-ring (bicyclic) bond motifs is 1. The molecule has 0 spiro atoms. The van der Waals surface area contributed by atoms with Crippen molar-refractivity contribution in [2.24, 2.45) is 0 Å². The lowest BCUT2D eigenvalue weighted by molar-refractivity contribution is -0.116. The Balaban J connectivity index is 1.77. The highest BCUT2D eigenvalue weighted by Crippen LogP contribution is 2.26. The summed E-state index contributed by atoms with van der Waals surface area (Å²) in [7, 11) is 0. The van der Waals surface area contributed by atoms with Crippen LogP contribution in [0.5, 0.6) is 0 Å². The number of carbonyl (C=O) groups is 2. The molecule has 2 aromatic rings. The van der Waals surface area contributed by atoms with Crippen molar-refractivity contribution >= 4 is 17.5 Å². The number of pyridine rings is 1. The van der Waals surface area contributed by atoms with Gasteiger partial charge in [-0.05, 0) is 42.7 Å². The average Bonchev–Trinajstić information content (AvgIpc) is 2.54. The van der Waals surface area contributed by atoms with Gasteiger partial charge in [0.1, 0.15) is 5.56 Å². The van der Waals surface area contributed by atoms with Gasteiger partial charge < -0.3 is 15.6 Å². The standard InChI is InChI=1S/C17H17N3O3/c1-10(19-17(23)13-3-2-8-18-16(13)22)11-4-6-14-12(9-11)5-7-15(21)20-14/h2-4,6,8-10H,5,7H2,1H3,(H,18,22)(H,19,23)(H,20,21)/t10-/m0/s1. The molecular formula is C17H17N3O3. The molecule has 3 N–H and O–H groups in total. The Kier molecular flexibility index (Phi) is 3.97. The van der Waals surface area contributed by atoms with Crippen LogP contribution in [0.25, 0.3) is 0 Å². The number of carbonyl (C=O) groups excluding carboxylic acids is 2. The zero-order chi connectivity index (χ0) is 16.4. The first kappa shape index (κ1) is 15.0. The second-order valence-corrected chi connectivity index (χ2v) is 5.57. The van der Waals surface area contributed by atoms with Crippen LogP contribution in [0.4, 0.5) is 5.69 Å². The number of H-pyrrole nitrogens is 1. The van der Waals surface area contributed by atoms with Gasteiger partial charge in [0, 0.05) is 18.3 Å². The van der Waals surface area contributed by atoms with Crippen molar-refractivity contribution in [3.05, 3.63) is 63.6 Å². The molecule has 2 heterocycles. The minimum absolute atomic E-state index is 0.0231. The summed E-state index contributed by atoms with van der Waals surface area (Å²) in [6.45, 7) is 1.86. The first-order valence-corrected chi connectivity index (χ1v) is 7.46. The summed E-state index contributed by atoms with van der Waals surface area (Å²) >= 11 is 0. The molecule has 1 atom stereocenters. The fourth-order valence-corrected chi connectivity index (χ4v) is 2.63. The van der Waals surface area contributed by atoms with Crippen LogP contribution in [0, 0.1) is 0 Å². The van der Waals surface area contributed by atoms with Crippen LogP contribution >= 0.6 is 0 Å². The van der Waals surface area contributed by atoms with Gasteiger partial charge in [-0.3, -0.25) is 14.4 Å². The number of hydrogen-bond acceptors (Lipinski definition) is 3. The number of rotatable bonds is 3. The van der Waals surface area contributed by atoms with Crippen LogP contribution in [-0.4, -0.2) is 16.8 Å². The maximum Gasteiger partial charge on any atom is 0.260 e. The SMILES string of the molecule is C[C@H](NC(=O)c1ccc[nH]c1=O)c1ccc2c(c1)CCC(=O)N2. The number of benzene rings is 1. The average molecular weight is 311 g/mol. The molecule has 0 radical (unpaired) electrons. The smallest absolute Gasteiger partial charge is 0.260 e. The Morgan fingerprint density at radius 1 is 1.22 bits per heavy atom. The molecule has 23 heavy (non-hydrogen) atoms. The van der Waals surface area contributed by atoms with Gasteiger partial charge >= 0.3 is 0 Å². The van der Waals surface area contributed by atoms with E-state index in [1.54, 1.807) is 6.07 Å². The fourth-order valence-electron chi connectivity index (χ4n) is 2.63. The summed E-state index contributed by atoms with van der Waals surface area (Å²) in [5.74, 6) is -0.389. The maximum absolute atomic E-state index is 12.2. The van der Waals surface area contributed by atoms with E-state index in [1.165, 1.54) is 12.3 Å². The molecule has 3 rings (SSSR count). The van der Waals surface area contributed by atoms with Gasteiger partial charge in [0.15, 0.2) is 0 Å². The van der Waals surface area contributed by atoms with E-state index in [9.17, 15) is 14.4 Å². The second kappa shape index (κ2) is 6.08. The van der Waals surface area contributed by atoms with E-state index >= 15 is 0 Å². The van der Waals surface area contributed by atoms with Crippen LogP contribution in [0.2, 0.25) is 0 Å². The lowest BCUT2D eigenvalue weighted by atomic mass is 9.97. The first-order valence-electron chi connectivity index (χ1n) is 7.46. The molecule has 2 amide bonds. The molecule has 1 aromatic carbocycles. The normalized spacial score (nSPS) is 14.6. The highest BCUT2D eigenvalue weighted by Gasteiger charge is 2.18. The molecule has 0 unspecified atom stereocenters. The summed E-state index contributed by atoms with van der Waals surface area (Å²) in [4.78, 5) is 37.7. The topological polar surface area (TPSA) is 91.1 Å². The molecule has 1 aromatic heterocycles. The number of anilines is 1. The number of aryl methyl sites for hydroxylation is 1. The molecule has 0 fully saturated rings. The van der Waals surface area contributed by atoms with Crippen molar-refractivity contribution in [3.63, 3.8) is 0 Å². The predicted octanol–water partition coefficient (Wildman–Crippen LogP) is 1.75. The first-order chi connectivity index (χ1) is 11.0. The second-order valence-electron chi connectivity index (χ2n) is 5.57. The van der Waals surface area contributed by atoms with Crippen LogP contribution in [0.3, 0.4) is 0 Å². The minimum atomic E-state index is -0.412. The molecule has 0 saturated heterocycles. The van der Waals surface area contributed by atoms with E-state index in [4.69, 9.17) is 0 Å². The lowest BCUT2D eigenvalue weighted by Gasteiger charge is -2.20. The van der Waals surface area contributed by atoms with E-state index in [0.717, 1.165) is 16.8 Å². The third-order valence-corrected chi connectivity index (χ3v) is 3.94. The molecule has 118 valence electrons. The zero-order valence-electron chi connectivity index (χ0n) is 12.7. The third kappa shape index (κ3) is 3.15. The van der Waals surface area contributed by atoms with Crippen molar-refractivity contribution in [1.29, 1.82) is 0 Å². The highest BCUT2D eigenvalue weighted by atomic mass is 16.2. The molecule has 0 saturated carbocycles. The fraction of sp³-hybridized carbons (Fsp3) is 0.235. The molecule has 1 aliphatic rings. The number of hydrogen-bond donors (Lipinski definition) is 3. The van der Waals surface area contributed by atoms with E-state index in [2.05, 4.69) is 15.6 Å². The van der Waals surface area contributed by atoms with Crippen molar-refractivity contribution in [1.82, 2.24) is 10.3 Å². The van der Waals surface area contributed by atoms with Crippen LogP contribution in [-0.2, 0) is 11.2 Å². The zero-order valence-corrected chi connectivity index (χ0v) is 12.7. The highest BCUT2D eigenvalue weighted by molar-refractivity contribution is 5.94.